The number of H-pyrrole nitrogens is 1. The molecule has 2 heterocycles. The molecule has 0 amide bonds. The van der Waals surface area contributed by atoms with Gasteiger partial charge in [0.05, 0.1) is 13.2 Å². The SMILES string of the molecule is CC(C)(C)Cc1nc(N2CCOCC2)n[nH]1. The minimum atomic E-state index is 0.238. The molecule has 1 aliphatic rings. The molecule has 1 fully saturated rings. The first kappa shape index (κ1) is 11.4. The summed E-state index contributed by atoms with van der Waals surface area (Å²) in [6, 6.07) is 0. The van der Waals surface area contributed by atoms with Crippen LogP contribution in [0.2, 0.25) is 0 Å². The number of hydrogen-bond acceptors (Lipinski definition) is 4. The minimum absolute atomic E-state index is 0.238. The van der Waals surface area contributed by atoms with Crippen molar-refractivity contribution in [2.24, 2.45) is 5.41 Å². The van der Waals surface area contributed by atoms with E-state index in [9.17, 15) is 0 Å². The fourth-order valence-electron chi connectivity index (χ4n) is 1.77. The van der Waals surface area contributed by atoms with Crippen molar-refractivity contribution in [1.29, 1.82) is 0 Å². The van der Waals surface area contributed by atoms with Crippen LogP contribution < -0.4 is 4.90 Å². The zero-order chi connectivity index (χ0) is 11.6. The topological polar surface area (TPSA) is 54.0 Å². The van der Waals surface area contributed by atoms with Gasteiger partial charge in [0.1, 0.15) is 5.82 Å². The van der Waals surface area contributed by atoms with Crippen LogP contribution in [0.4, 0.5) is 5.95 Å². The van der Waals surface area contributed by atoms with Crippen molar-refractivity contribution in [3.63, 3.8) is 0 Å². The van der Waals surface area contributed by atoms with Crippen molar-refractivity contribution in [2.75, 3.05) is 31.2 Å². The van der Waals surface area contributed by atoms with Gasteiger partial charge in [0, 0.05) is 19.5 Å². The molecule has 5 nitrogen and oxygen atoms in total. The molecule has 0 spiro atoms. The highest BCUT2D eigenvalue weighted by Crippen LogP contribution is 2.19. The molecular formula is C11H20N4O. The van der Waals surface area contributed by atoms with Crippen molar-refractivity contribution in [2.45, 2.75) is 27.2 Å². The Balaban J connectivity index is 2.01. The van der Waals surface area contributed by atoms with E-state index in [4.69, 9.17) is 4.74 Å². The standard InChI is InChI=1S/C11H20N4O/c1-11(2,3)8-9-12-10(14-13-9)15-4-6-16-7-5-15/h4-8H2,1-3H3,(H,12,13,14). The molecule has 5 heteroatoms. The third-order valence-corrected chi connectivity index (χ3v) is 2.51. The summed E-state index contributed by atoms with van der Waals surface area (Å²) < 4.78 is 5.30. The van der Waals surface area contributed by atoms with Crippen LogP contribution in [0.5, 0.6) is 0 Å². The number of aromatic amines is 1. The predicted octanol–water partition coefficient (Wildman–Crippen LogP) is 1.23. The minimum Gasteiger partial charge on any atom is -0.378 e. The first-order chi connectivity index (χ1) is 7.54. The molecule has 0 atom stereocenters. The van der Waals surface area contributed by atoms with E-state index in [2.05, 4.69) is 40.9 Å². The lowest BCUT2D eigenvalue weighted by atomic mass is 9.92. The number of nitrogens with zero attached hydrogens (tertiary/aromatic N) is 3. The van der Waals surface area contributed by atoms with E-state index in [1.807, 2.05) is 0 Å². The van der Waals surface area contributed by atoms with Gasteiger partial charge in [0.15, 0.2) is 0 Å². The van der Waals surface area contributed by atoms with Crippen LogP contribution in [0, 0.1) is 5.41 Å². The summed E-state index contributed by atoms with van der Waals surface area (Å²) in [6.07, 6.45) is 0.921. The first-order valence-electron chi connectivity index (χ1n) is 5.78. The van der Waals surface area contributed by atoms with E-state index in [-0.39, 0.29) is 5.41 Å². The molecule has 0 radical (unpaired) electrons. The molecule has 1 saturated heterocycles. The number of morpholine rings is 1. The Labute approximate surface area is 96.2 Å². The zero-order valence-corrected chi connectivity index (χ0v) is 10.3. The summed E-state index contributed by atoms with van der Waals surface area (Å²) in [5.41, 5.74) is 0.238. The highest BCUT2D eigenvalue weighted by molar-refractivity contribution is 5.29. The molecule has 16 heavy (non-hydrogen) atoms. The van der Waals surface area contributed by atoms with E-state index < -0.39 is 0 Å². The zero-order valence-electron chi connectivity index (χ0n) is 10.3. The van der Waals surface area contributed by atoms with Crippen molar-refractivity contribution >= 4 is 5.95 Å². The molecule has 0 aromatic carbocycles. The monoisotopic (exact) mass is 224 g/mol. The van der Waals surface area contributed by atoms with Crippen LogP contribution in [-0.4, -0.2) is 41.5 Å². The van der Waals surface area contributed by atoms with Crippen LogP contribution >= 0.6 is 0 Å². The van der Waals surface area contributed by atoms with Gasteiger partial charge in [-0.15, -0.1) is 5.10 Å². The van der Waals surface area contributed by atoms with Gasteiger partial charge in [0.25, 0.3) is 0 Å². The molecular weight excluding hydrogens is 204 g/mol. The Bertz CT molecular complexity index is 336. The van der Waals surface area contributed by atoms with Gasteiger partial charge >= 0.3 is 0 Å². The largest absolute Gasteiger partial charge is 0.378 e. The number of hydrogen-bond donors (Lipinski definition) is 1. The van der Waals surface area contributed by atoms with Gasteiger partial charge in [0.2, 0.25) is 5.95 Å². The first-order valence-corrected chi connectivity index (χ1v) is 5.78. The van der Waals surface area contributed by atoms with E-state index in [1.54, 1.807) is 0 Å². The van der Waals surface area contributed by atoms with Crippen LogP contribution in [0.1, 0.15) is 26.6 Å². The second kappa shape index (κ2) is 4.41. The van der Waals surface area contributed by atoms with Gasteiger partial charge < -0.3 is 9.64 Å². The van der Waals surface area contributed by atoms with Crippen LogP contribution in [0.15, 0.2) is 0 Å². The van der Waals surface area contributed by atoms with Crippen molar-refractivity contribution in [3.8, 4) is 0 Å². The van der Waals surface area contributed by atoms with Crippen LogP contribution in [-0.2, 0) is 11.2 Å². The molecule has 90 valence electrons. The molecule has 1 aliphatic heterocycles. The molecule has 0 aliphatic carbocycles. The maximum atomic E-state index is 5.30. The summed E-state index contributed by atoms with van der Waals surface area (Å²) in [5, 5.41) is 7.27. The quantitative estimate of drug-likeness (QED) is 0.821. The smallest absolute Gasteiger partial charge is 0.244 e. The Kier molecular flexibility index (Phi) is 3.14. The number of ether oxygens (including phenoxy) is 1. The molecule has 0 saturated carbocycles. The van der Waals surface area contributed by atoms with Crippen molar-refractivity contribution in [3.05, 3.63) is 5.82 Å². The van der Waals surface area contributed by atoms with Crippen molar-refractivity contribution < 1.29 is 4.74 Å². The maximum Gasteiger partial charge on any atom is 0.244 e. The third kappa shape index (κ3) is 2.95. The Morgan fingerprint density at radius 2 is 2.00 bits per heavy atom. The summed E-state index contributed by atoms with van der Waals surface area (Å²) in [4.78, 5) is 6.68. The normalized spacial score (nSPS) is 17.8. The third-order valence-electron chi connectivity index (χ3n) is 2.51. The molecule has 2 rings (SSSR count). The van der Waals surface area contributed by atoms with Gasteiger partial charge in [-0.05, 0) is 5.41 Å². The second-order valence-electron chi connectivity index (χ2n) is 5.42. The van der Waals surface area contributed by atoms with Gasteiger partial charge in [-0.1, -0.05) is 20.8 Å². The highest BCUT2D eigenvalue weighted by atomic mass is 16.5. The fourth-order valence-corrected chi connectivity index (χ4v) is 1.77. The molecule has 1 aromatic rings. The molecule has 0 unspecified atom stereocenters. The fraction of sp³-hybridized carbons (Fsp3) is 0.818. The summed E-state index contributed by atoms with van der Waals surface area (Å²) in [7, 11) is 0. The van der Waals surface area contributed by atoms with Crippen LogP contribution in [0.3, 0.4) is 0 Å². The average Bonchev–Trinajstić information content (AvgIpc) is 2.65. The summed E-state index contributed by atoms with van der Waals surface area (Å²) in [6.45, 7) is 9.89. The highest BCUT2D eigenvalue weighted by Gasteiger charge is 2.18. The number of rotatable bonds is 2. The lowest BCUT2D eigenvalue weighted by molar-refractivity contribution is 0.122. The van der Waals surface area contributed by atoms with E-state index in [1.165, 1.54) is 0 Å². The molecule has 1 aromatic heterocycles. The summed E-state index contributed by atoms with van der Waals surface area (Å²) in [5.74, 6) is 1.77. The van der Waals surface area contributed by atoms with Crippen molar-refractivity contribution in [1.82, 2.24) is 15.2 Å². The second-order valence-corrected chi connectivity index (χ2v) is 5.42. The molecule has 0 bridgehead atoms. The molecule has 1 N–H and O–H groups in total. The average molecular weight is 224 g/mol. The Morgan fingerprint density at radius 1 is 1.31 bits per heavy atom. The van der Waals surface area contributed by atoms with Gasteiger partial charge in [-0.3, -0.25) is 5.10 Å². The van der Waals surface area contributed by atoms with Crippen LogP contribution in [0.25, 0.3) is 0 Å². The lowest BCUT2D eigenvalue weighted by Crippen LogP contribution is -2.36. The van der Waals surface area contributed by atoms with E-state index in [0.29, 0.717) is 0 Å². The lowest BCUT2D eigenvalue weighted by Gasteiger charge is -2.25. The van der Waals surface area contributed by atoms with Gasteiger partial charge in [-0.25, -0.2) is 0 Å². The Morgan fingerprint density at radius 3 is 2.62 bits per heavy atom. The maximum absolute atomic E-state index is 5.30. The van der Waals surface area contributed by atoms with E-state index >= 15 is 0 Å². The number of nitrogens with one attached hydrogen (secondary N) is 1. The number of anilines is 1. The van der Waals surface area contributed by atoms with Gasteiger partial charge in [-0.2, -0.15) is 4.98 Å². The van der Waals surface area contributed by atoms with E-state index in [0.717, 1.165) is 44.5 Å². The Hall–Kier alpha value is -1.10. The predicted molar refractivity (Wildman–Crippen MR) is 62.6 cm³/mol. The number of aromatic nitrogens is 3. The summed E-state index contributed by atoms with van der Waals surface area (Å²) >= 11 is 0.